The van der Waals surface area contributed by atoms with Gasteiger partial charge in [-0.15, -0.1) is 0 Å². The molecule has 2 aliphatic heterocycles. The van der Waals surface area contributed by atoms with Crippen LogP contribution in [-0.2, 0) is 9.59 Å². The second kappa shape index (κ2) is 9.25. The van der Waals surface area contributed by atoms with Crippen molar-refractivity contribution in [2.45, 2.75) is 31.7 Å². The van der Waals surface area contributed by atoms with Crippen molar-refractivity contribution in [2.75, 3.05) is 26.8 Å². The summed E-state index contributed by atoms with van der Waals surface area (Å²) in [4.78, 5) is 40.7. The van der Waals surface area contributed by atoms with Crippen LogP contribution in [0.25, 0.3) is 6.08 Å². The lowest BCUT2D eigenvalue weighted by molar-refractivity contribution is -0.139. The Labute approximate surface area is 168 Å². The van der Waals surface area contributed by atoms with Crippen molar-refractivity contribution in [2.24, 2.45) is 0 Å². The maximum absolute atomic E-state index is 12.7. The number of benzene rings is 1. The molecule has 0 radical (unpaired) electrons. The van der Waals surface area contributed by atoms with Crippen molar-refractivity contribution in [3.8, 4) is 5.75 Å². The lowest BCUT2D eigenvalue weighted by Crippen LogP contribution is -2.49. The van der Waals surface area contributed by atoms with Gasteiger partial charge in [-0.2, -0.15) is 0 Å². The highest BCUT2D eigenvalue weighted by atomic mass is 32.2. The molecule has 0 spiro atoms. The molecule has 1 aromatic rings. The van der Waals surface area contributed by atoms with Crippen molar-refractivity contribution < 1.29 is 24.2 Å². The Morgan fingerprint density at radius 1 is 1.36 bits per heavy atom. The average Bonchev–Trinajstić information content (AvgIpc) is 2.96. The first kappa shape index (κ1) is 20.4. The number of hydrogen-bond acceptors (Lipinski definition) is 6. The minimum Gasteiger partial charge on any atom is -0.497 e. The predicted octanol–water partition coefficient (Wildman–Crippen LogP) is 2.50. The fourth-order valence-electron chi connectivity index (χ4n) is 3.52. The molecule has 0 saturated carbocycles. The molecule has 2 saturated heterocycles. The molecule has 2 aliphatic rings. The standard InChI is InChI=1S/C20H24N2O5S/c1-27-16-7-4-5-14(11-16)12-17-19(25)22(20(26)28-17)13-18(24)21-9-3-2-6-15(21)8-10-23/h4-5,7,11-12,15,23H,2-3,6,8-10,13H2,1H3/b17-12-. The van der Waals surface area contributed by atoms with Gasteiger partial charge in [0, 0.05) is 19.2 Å². The second-order valence-electron chi connectivity index (χ2n) is 6.79. The molecule has 1 aromatic carbocycles. The number of nitrogens with zero attached hydrogens (tertiary/aromatic N) is 2. The van der Waals surface area contributed by atoms with E-state index >= 15 is 0 Å². The van der Waals surface area contributed by atoms with Crippen LogP contribution in [0.2, 0.25) is 0 Å². The average molecular weight is 404 g/mol. The highest BCUT2D eigenvalue weighted by Crippen LogP contribution is 2.33. The molecule has 28 heavy (non-hydrogen) atoms. The summed E-state index contributed by atoms with van der Waals surface area (Å²) in [5, 5.41) is 8.78. The van der Waals surface area contributed by atoms with Crippen LogP contribution in [0.5, 0.6) is 5.75 Å². The smallest absolute Gasteiger partial charge is 0.294 e. The van der Waals surface area contributed by atoms with Gasteiger partial charge in [-0.1, -0.05) is 12.1 Å². The molecule has 150 valence electrons. The van der Waals surface area contributed by atoms with Crippen LogP contribution >= 0.6 is 11.8 Å². The zero-order valence-electron chi connectivity index (χ0n) is 15.8. The van der Waals surface area contributed by atoms with E-state index in [1.807, 2.05) is 6.07 Å². The van der Waals surface area contributed by atoms with E-state index in [1.165, 1.54) is 0 Å². The summed E-state index contributed by atoms with van der Waals surface area (Å²) >= 11 is 0.837. The van der Waals surface area contributed by atoms with E-state index in [2.05, 4.69) is 0 Å². The molecule has 3 rings (SSSR count). The number of thioether (sulfide) groups is 1. The largest absolute Gasteiger partial charge is 0.497 e. The molecule has 1 atom stereocenters. The minimum atomic E-state index is -0.457. The van der Waals surface area contributed by atoms with Gasteiger partial charge in [0.15, 0.2) is 0 Å². The van der Waals surface area contributed by atoms with Crippen molar-refractivity contribution in [3.05, 3.63) is 34.7 Å². The Hall–Kier alpha value is -2.32. The van der Waals surface area contributed by atoms with Gasteiger partial charge in [-0.3, -0.25) is 19.3 Å². The summed E-state index contributed by atoms with van der Waals surface area (Å²) < 4.78 is 5.17. The van der Waals surface area contributed by atoms with Crippen LogP contribution in [-0.4, -0.2) is 64.8 Å². The second-order valence-corrected chi connectivity index (χ2v) is 7.79. The summed E-state index contributed by atoms with van der Waals surface area (Å²) in [7, 11) is 1.56. The number of hydrogen-bond donors (Lipinski definition) is 1. The number of carbonyl (C=O) groups excluding carboxylic acids is 3. The predicted molar refractivity (Wildman–Crippen MR) is 107 cm³/mol. The topological polar surface area (TPSA) is 87.2 Å². The summed E-state index contributed by atoms with van der Waals surface area (Å²) in [5.74, 6) is -0.0480. The lowest BCUT2D eigenvalue weighted by Gasteiger charge is -2.36. The summed E-state index contributed by atoms with van der Waals surface area (Å²) in [6, 6.07) is 7.15. The lowest BCUT2D eigenvalue weighted by atomic mass is 9.99. The number of amides is 3. The first-order chi connectivity index (χ1) is 13.5. The Balaban J connectivity index is 1.71. The monoisotopic (exact) mass is 404 g/mol. The maximum atomic E-state index is 12.7. The molecule has 1 unspecified atom stereocenters. The molecular weight excluding hydrogens is 380 g/mol. The minimum absolute atomic E-state index is 0.0132. The molecule has 2 heterocycles. The molecule has 0 aliphatic carbocycles. The van der Waals surface area contributed by atoms with Crippen LogP contribution in [0.1, 0.15) is 31.2 Å². The SMILES string of the molecule is COc1cccc(/C=C2\SC(=O)N(CC(=O)N3CCCCC3CCO)C2=O)c1. The van der Waals surface area contributed by atoms with Gasteiger partial charge in [0.1, 0.15) is 12.3 Å². The van der Waals surface area contributed by atoms with Gasteiger partial charge in [0.25, 0.3) is 11.1 Å². The number of rotatable bonds is 6. The number of piperidine rings is 1. The molecule has 3 amide bonds. The fraction of sp³-hybridized carbons (Fsp3) is 0.450. The van der Waals surface area contributed by atoms with Crippen LogP contribution in [0, 0.1) is 0 Å². The van der Waals surface area contributed by atoms with Crippen LogP contribution < -0.4 is 4.74 Å². The molecule has 8 heteroatoms. The third-order valence-corrected chi connectivity index (χ3v) is 5.88. The van der Waals surface area contributed by atoms with Crippen LogP contribution in [0.4, 0.5) is 4.79 Å². The van der Waals surface area contributed by atoms with Crippen molar-refractivity contribution >= 4 is 34.9 Å². The maximum Gasteiger partial charge on any atom is 0.294 e. The number of likely N-dealkylation sites (tertiary alicyclic amines) is 1. The van der Waals surface area contributed by atoms with Gasteiger partial charge in [0.05, 0.1) is 12.0 Å². The third kappa shape index (κ3) is 4.56. The molecule has 1 N–H and O–H groups in total. The van der Waals surface area contributed by atoms with Gasteiger partial charge in [-0.05, 0) is 61.2 Å². The number of aliphatic hydroxyl groups excluding tert-OH is 1. The number of methoxy groups -OCH3 is 1. The highest BCUT2D eigenvalue weighted by Gasteiger charge is 2.38. The van der Waals surface area contributed by atoms with E-state index < -0.39 is 11.1 Å². The van der Waals surface area contributed by atoms with Gasteiger partial charge in [0.2, 0.25) is 5.91 Å². The number of ether oxygens (including phenoxy) is 1. The van der Waals surface area contributed by atoms with Crippen molar-refractivity contribution in [3.63, 3.8) is 0 Å². The molecule has 0 bridgehead atoms. The summed E-state index contributed by atoms with van der Waals surface area (Å²) in [6.45, 7) is 0.348. The Kier molecular flexibility index (Phi) is 6.74. The zero-order chi connectivity index (χ0) is 20.1. The summed E-state index contributed by atoms with van der Waals surface area (Å²) in [5.41, 5.74) is 0.746. The highest BCUT2D eigenvalue weighted by molar-refractivity contribution is 8.18. The zero-order valence-corrected chi connectivity index (χ0v) is 16.6. The Morgan fingerprint density at radius 2 is 2.18 bits per heavy atom. The van der Waals surface area contributed by atoms with E-state index in [0.717, 1.165) is 41.5 Å². The van der Waals surface area contributed by atoms with Gasteiger partial charge >= 0.3 is 0 Å². The number of imide groups is 1. The Morgan fingerprint density at radius 3 is 2.93 bits per heavy atom. The van der Waals surface area contributed by atoms with E-state index in [4.69, 9.17) is 4.74 Å². The van der Waals surface area contributed by atoms with E-state index in [9.17, 15) is 19.5 Å². The molecule has 2 fully saturated rings. The molecule has 0 aromatic heterocycles. The van der Waals surface area contributed by atoms with Gasteiger partial charge < -0.3 is 14.7 Å². The van der Waals surface area contributed by atoms with Crippen LogP contribution in [0.3, 0.4) is 0 Å². The fourth-order valence-corrected chi connectivity index (χ4v) is 4.36. The molecule has 7 nitrogen and oxygen atoms in total. The van der Waals surface area contributed by atoms with Crippen molar-refractivity contribution in [1.82, 2.24) is 9.80 Å². The van der Waals surface area contributed by atoms with Crippen LogP contribution in [0.15, 0.2) is 29.2 Å². The van der Waals surface area contributed by atoms with E-state index in [-0.39, 0.29) is 30.0 Å². The normalized spacial score (nSPS) is 21.5. The third-order valence-electron chi connectivity index (χ3n) is 4.97. The Bertz CT molecular complexity index is 793. The first-order valence-electron chi connectivity index (χ1n) is 9.33. The van der Waals surface area contributed by atoms with Crippen molar-refractivity contribution in [1.29, 1.82) is 0 Å². The van der Waals surface area contributed by atoms with E-state index in [0.29, 0.717) is 18.7 Å². The summed E-state index contributed by atoms with van der Waals surface area (Å²) in [6.07, 6.45) is 4.89. The number of carbonyl (C=O) groups is 3. The quantitative estimate of drug-likeness (QED) is 0.733. The number of aliphatic hydroxyl groups is 1. The molecular formula is C20H24N2O5S. The first-order valence-corrected chi connectivity index (χ1v) is 10.1. The van der Waals surface area contributed by atoms with Gasteiger partial charge in [-0.25, -0.2) is 0 Å². The van der Waals surface area contributed by atoms with E-state index in [1.54, 1.807) is 36.3 Å².